The molecule has 0 bridgehead atoms. The largest absolute Gasteiger partial charge is 0.394 e. The smallest absolute Gasteiger partial charge is 0.225 e. The Balaban J connectivity index is 2.98. The molecular formula is C13H18BrNO5. The molecule has 1 aliphatic heterocycles. The molecule has 0 aromatic heterocycles. The zero-order chi connectivity index (χ0) is 15.3. The molecule has 20 heavy (non-hydrogen) atoms. The molecule has 7 heteroatoms. The number of Topliss-reactive ketones (excluding diaryl/α,β-unsaturated/α-hetero) is 1. The first-order valence-corrected chi connectivity index (χ1v) is 7.05. The van der Waals surface area contributed by atoms with Gasteiger partial charge in [0.15, 0.2) is 5.78 Å². The van der Waals surface area contributed by atoms with E-state index in [2.05, 4.69) is 15.9 Å². The van der Waals surface area contributed by atoms with Crippen LogP contribution in [0.2, 0.25) is 0 Å². The van der Waals surface area contributed by atoms with Gasteiger partial charge in [-0.25, -0.2) is 0 Å². The Morgan fingerprint density at radius 3 is 2.50 bits per heavy atom. The maximum atomic E-state index is 11.7. The molecule has 3 atom stereocenters. The van der Waals surface area contributed by atoms with Crippen LogP contribution < -0.4 is 0 Å². The van der Waals surface area contributed by atoms with Crippen LogP contribution in [0.25, 0.3) is 0 Å². The fourth-order valence-electron chi connectivity index (χ4n) is 1.90. The van der Waals surface area contributed by atoms with Crippen LogP contribution in [0.15, 0.2) is 22.8 Å². The lowest BCUT2D eigenvalue weighted by Gasteiger charge is -2.24. The van der Waals surface area contributed by atoms with Gasteiger partial charge in [-0.1, -0.05) is 15.9 Å². The van der Waals surface area contributed by atoms with Crippen molar-refractivity contribution in [1.82, 2.24) is 4.90 Å². The molecule has 0 spiro atoms. The fourth-order valence-corrected chi connectivity index (χ4v) is 2.18. The van der Waals surface area contributed by atoms with Gasteiger partial charge in [-0.05, 0) is 18.0 Å². The third kappa shape index (κ3) is 4.24. The third-order valence-corrected chi connectivity index (χ3v) is 3.25. The van der Waals surface area contributed by atoms with Crippen LogP contribution in [0.5, 0.6) is 0 Å². The summed E-state index contributed by atoms with van der Waals surface area (Å²) in [4.78, 5) is 26.0. The molecule has 0 radical (unpaired) electrons. The predicted octanol–water partition coefficient (Wildman–Crippen LogP) is 0.685. The van der Waals surface area contributed by atoms with Crippen molar-refractivity contribution in [3.05, 3.63) is 22.8 Å². The normalized spacial score (nSPS) is 27.1. The van der Waals surface area contributed by atoms with Gasteiger partial charge in [-0.15, -0.1) is 0 Å². The molecule has 0 aromatic carbocycles. The number of aliphatic hydroxyl groups is 2. The summed E-state index contributed by atoms with van der Waals surface area (Å²) in [5.74, 6) is -0.522. The molecule has 0 aliphatic carbocycles. The molecular weight excluding hydrogens is 330 g/mol. The number of ether oxygens (including phenoxy) is 1. The summed E-state index contributed by atoms with van der Waals surface area (Å²) in [5, 5.41) is 18.8. The number of aliphatic hydroxyl groups excluding tert-OH is 2. The molecule has 2 N–H and O–H groups in total. The minimum absolute atomic E-state index is 0.185. The molecule has 1 fully saturated rings. The summed E-state index contributed by atoms with van der Waals surface area (Å²) >= 11 is 3.08. The van der Waals surface area contributed by atoms with Crippen LogP contribution in [-0.4, -0.2) is 51.8 Å². The lowest BCUT2D eigenvalue weighted by atomic mass is 10.1. The number of rotatable bonds is 5. The Morgan fingerprint density at radius 2 is 2.10 bits per heavy atom. The van der Waals surface area contributed by atoms with Crippen LogP contribution in [0.1, 0.15) is 20.3 Å². The highest BCUT2D eigenvalue weighted by molar-refractivity contribution is 9.11. The zero-order valence-corrected chi connectivity index (χ0v) is 12.9. The zero-order valence-electron chi connectivity index (χ0n) is 11.3. The van der Waals surface area contributed by atoms with E-state index in [-0.39, 0.29) is 24.7 Å². The van der Waals surface area contributed by atoms with Crippen molar-refractivity contribution in [2.24, 2.45) is 0 Å². The first kappa shape index (κ1) is 17.0. The maximum absolute atomic E-state index is 11.7. The Hall–Kier alpha value is -1.02. The molecule has 0 aromatic rings. The van der Waals surface area contributed by atoms with E-state index in [4.69, 9.17) is 9.84 Å². The number of ketones is 1. The number of carbonyl (C=O) groups is 2. The average Bonchev–Trinajstić information content (AvgIpc) is 2.74. The van der Waals surface area contributed by atoms with Gasteiger partial charge < -0.3 is 14.9 Å². The van der Waals surface area contributed by atoms with E-state index in [0.29, 0.717) is 5.57 Å². The van der Waals surface area contributed by atoms with E-state index >= 15 is 0 Å². The lowest BCUT2D eigenvalue weighted by Crippen LogP contribution is -2.35. The Kier molecular flexibility index (Phi) is 6.54. The lowest BCUT2D eigenvalue weighted by molar-refractivity contribution is -0.138. The molecule has 1 rings (SSSR count). The van der Waals surface area contributed by atoms with Crippen LogP contribution in [0.3, 0.4) is 0 Å². The van der Waals surface area contributed by atoms with E-state index in [1.54, 1.807) is 0 Å². The van der Waals surface area contributed by atoms with Gasteiger partial charge >= 0.3 is 0 Å². The minimum Gasteiger partial charge on any atom is -0.394 e. The maximum Gasteiger partial charge on any atom is 0.225 e. The van der Waals surface area contributed by atoms with Gasteiger partial charge in [0.25, 0.3) is 0 Å². The van der Waals surface area contributed by atoms with Crippen LogP contribution in [0.4, 0.5) is 0 Å². The molecule has 1 aliphatic rings. The SMILES string of the molecule is CC(=O)C(=C\N(C(C)=O)C1CC(O)C(CO)O1)/C=C/Br. The summed E-state index contributed by atoms with van der Waals surface area (Å²) in [6.45, 7) is 2.40. The number of hydrogen-bond donors (Lipinski definition) is 2. The first-order chi connectivity index (χ1) is 9.40. The number of halogens is 1. The van der Waals surface area contributed by atoms with Crippen molar-refractivity contribution >= 4 is 27.6 Å². The molecule has 112 valence electrons. The van der Waals surface area contributed by atoms with Crippen molar-refractivity contribution in [2.45, 2.75) is 38.7 Å². The fraction of sp³-hybridized carbons (Fsp3) is 0.538. The van der Waals surface area contributed by atoms with E-state index < -0.39 is 18.4 Å². The van der Waals surface area contributed by atoms with E-state index in [1.165, 1.54) is 36.0 Å². The van der Waals surface area contributed by atoms with E-state index in [0.717, 1.165) is 0 Å². The van der Waals surface area contributed by atoms with Crippen LogP contribution in [-0.2, 0) is 14.3 Å². The van der Waals surface area contributed by atoms with Gasteiger partial charge in [-0.2, -0.15) is 0 Å². The predicted molar refractivity (Wildman–Crippen MR) is 75.7 cm³/mol. The third-order valence-electron chi connectivity index (χ3n) is 2.99. The van der Waals surface area contributed by atoms with E-state index in [1.807, 2.05) is 0 Å². The molecule has 1 heterocycles. The van der Waals surface area contributed by atoms with Gasteiger partial charge in [0.2, 0.25) is 5.91 Å². The van der Waals surface area contributed by atoms with Crippen molar-refractivity contribution in [2.75, 3.05) is 6.61 Å². The van der Waals surface area contributed by atoms with Crippen LogP contribution >= 0.6 is 15.9 Å². The first-order valence-electron chi connectivity index (χ1n) is 6.13. The summed E-state index contributed by atoms with van der Waals surface area (Å²) in [6.07, 6.45) is 0.838. The second-order valence-corrected chi connectivity index (χ2v) is 5.00. The second-order valence-electron chi connectivity index (χ2n) is 4.47. The van der Waals surface area contributed by atoms with Crippen molar-refractivity contribution in [3.63, 3.8) is 0 Å². The van der Waals surface area contributed by atoms with Gasteiger partial charge in [0, 0.05) is 25.1 Å². The highest BCUT2D eigenvalue weighted by atomic mass is 79.9. The Bertz CT molecular complexity index is 434. The van der Waals surface area contributed by atoms with Crippen molar-refractivity contribution in [3.8, 4) is 0 Å². The number of nitrogens with zero attached hydrogens (tertiary/aromatic N) is 1. The molecule has 6 nitrogen and oxygen atoms in total. The molecule has 3 unspecified atom stereocenters. The van der Waals surface area contributed by atoms with Crippen molar-refractivity contribution in [1.29, 1.82) is 0 Å². The summed E-state index contributed by atoms with van der Waals surface area (Å²) in [7, 11) is 0. The minimum atomic E-state index is -0.840. The van der Waals surface area contributed by atoms with E-state index in [9.17, 15) is 14.7 Å². The topological polar surface area (TPSA) is 87.1 Å². The summed E-state index contributed by atoms with van der Waals surface area (Å²) in [6, 6.07) is 0. The molecule has 1 amide bonds. The van der Waals surface area contributed by atoms with Gasteiger partial charge in [0.05, 0.1) is 12.7 Å². The highest BCUT2D eigenvalue weighted by Crippen LogP contribution is 2.24. The molecule has 1 saturated heterocycles. The quantitative estimate of drug-likeness (QED) is 0.564. The second kappa shape index (κ2) is 7.68. The average molecular weight is 348 g/mol. The monoisotopic (exact) mass is 347 g/mol. The standard InChI is InChI=1S/C13H18BrNO5/c1-8(17)10(3-4-14)6-15(9(2)18)13-5-11(19)12(7-16)20-13/h3-4,6,11-13,16,19H,5,7H2,1-2H3/b4-3+,10-6-. The number of amides is 1. The number of allylic oxidation sites excluding steroid dienone is 2. The van der Waals surface area contributed by atoms with Gasteiger partial charge in [-0.3, -0.25) is 14.5 Å². The highest BCUT2D eigenvalue weighted by Gasteiger charge is 2.37. The Labute approximate surface area is 125 Å². The summed E-state index contributed by atoms with van der Waals surface area (Å²) in [5.41, 5.74) is 0.322. The molecule has 0 saturated carbocycles. The van der Waals surface area contributed by atoms with Gasteiger partial charge in [0.1, 0.15) is 12.3 Å². The number of hydrogen-bond acceptors (Lipinski definition) is 5. The van der Waals surface area contributed by atoms with Crippen molar-refractivity contribution < 1.29 is 24.5 Å². The number of carbonyl (C=O) groups excluding carboxylic acids is 2. The van der Waals surface area contributed by atoms with Crippen LogP contribution in [0, 0.1) is 0 Å². The summed E-state index contributed by atoms with van der Waals surface area (Å²) < 4.78 is 5.42. The Morgan fingerprint density at radius 1 is 1.45 bits per heavy atom.